The fraction of sp³-hybridized carbons (Fsp3) is 0.400. The number of benzene rings is 2. The zero-order chi connectivity index (χ0) is 24.8. The number of amides is 1. The Bertz CT molecular complexity index is 1170. The van der Waals surface area contributed by atoms with Crippen molar-refractivity contribution < 1.29 is 23.4 Å². The quantitative estimate of drug-likeness (QED) is 0.415. The van der Waals surface area contributed by atoms with E-state index in [1.54, 1.807) is 11.0 Å². The summed E-state index contributed by atoms with van der Waals surface area (Å²) in [4.78, 5) is 22.4. The van der Waals surface area contributed by atoms with Gasteiger partial charge in [0.2, 0.25) is 5.91 Å². The summed E-state index contributed by atoms with van der Waals surface area (Å²) >= 11 is 5.89. The van der Waals surface area contributed by atoms with Crippen LogP contribution in [0.5, 0.6) is 5.75 Å². The third kappa shape index (κ3) is 6.36. The Morgan fingerprint density at radius 2 is 1.97 bits per heavy atom. The number of aromatic nitrogens is 2. The Morgan fingerprint density at radius 3 is 2.71 bits per heavy atom. The van der Waals surface area contributed by atoms with Crippen LogP contribution in [0.3, 0.4) is 0 Å². The second-order valence-electron chi connectivity index (χ2n) is 8.45. The molecular weight excluding hydrogens is 475 g/mol. The number of nitrogens with zero attached hydrogens (tertiary/aromatic N) is 3. The molecule has 8 nitrogen and oxygen atoms in total. The van der Waals surface area contributed by atoms with Gasteiger partial charge in [0.05, 0.1) is 16.6 Å². The molecule has 1 amide bonds. The van der Waals surface area contributed by atoms with Crippen LogP contribution >= 0.6 is 11.6 Å². The summed E-state index contributed by atoms with van der Waals surface area (Å²) in [6.45, 7) is 0.218. The number of hydrogen-bond donors (Lipinski definition) is 1. The largest absolute Gasteiger partial charge is 0.468 e. The molecule has 0 bridgehead atoms. The second-order valence-corrected chi connectivity index (χ2v) is 8.86. The van der Waals surface area contributed by atoms with Gasteiger partial charge in [-0.3, -0.25) is 4.79 Å². The first kappa shape index (κ1) is 25.1. The van der Waals surface area contributed by atoms with Gasteiger partial charge in [-0.2, -0.15) is 0 Å². The number of anilines is 2. The molecule has 35 heavy (non-hydrogen) atoms. The van der Waals surface area contributed by atoms with Crippen molar-refractivity contribution in [1.82, 2.24) is 14.9 Å². The molecule has 1 aromatic heterocycles. The SMILES string of the molecule is COCC(=O)N(C)[C@H]1CC[C@@H](OCOc2ccc3ncnc(Nc4ccc(F)c(Cl)c4)c3c2)CC1. The van der Waals surface area contributed by atoms with Gasteiger partial charge in [-0.25, -0.2) is 14.4 Å². The van der Waals surface area contributed by atoms with Crippen LogP contribution in [0, 0.1) is 5.82 Å². The van der Waals surface area contributed by atoms with E-state index in [-0.39, 0.29) is 36.5 Å². The number of halogens is 2. The van der Waals surface area contributed by atoms with Crippen molar-refractivity contribution in [2.75, 3.05) is 32.9 Å². The van der Waals surface area contributed by atoms with Crippen molar-refractivity contribution in [2.24, 2.45) is 0 Å². The maximum absolute atomic E-state index is 13.5. The number of fused-ring (bicyclic) bond motifs is 1. The Labute approximate surface area is 208 Å². The van der Waals surface area contributed by atoms with Crippen LogP contribution in [0.1, 0.15) is 25.7 Å². The first-order valence-corrected chi connectivity index (χ1v) is 11.8. The number of hydrogen-bond acceptors (Lipinski definition) is 7. The van der Waals surface area contributed by atoms with Crippen molar-refractivity contribution in [3.05, 3.63) is 53.6 Å². The van der Waals surface area contributed by atoms with Crippen molar-refractivity contribution in [3.8, 4) is 5.75 Å². The number of carbonyl (C=O) groups excluding carboxylic acids is 1. The fourth-order valence-corrected chi connectivity index (χ4v) is 4.34. The highest BCUT2D eigenvalue weighted by atomic mass is 35.5. The summed E-state index contributed by atoms with van der Waals surface area (Å²) in [7, 11) is 3.35. The van der Waals surface area contributed by atoms with Gasteiger partial charge in [0.15, 0.2) is 6.79 Å². The summed E-state index contributed by atoms with van der Waals surface area (Å²) in [6, 6.07) is 10.1. The lowest BCUT2D eigenvalue weighted by Crippen LogP contribution is -2.42. The lowest BCUT2D eigenvalue weighted by Gasteiger charge is -2.34. The summed E-state index contributed by atoms with van der Waals surface area (Å²) in [5.41, 5.74) is 1.34. The van der Waals surface area contributed by atoms with Gasteiger partial charge in [0, 0.05) is 31.3 Å². The Balaban J connectivity index is 1.33. The smallest absolute Gasteiger partial charge is 0.248 e. The van der Waals surface area contributed by atoms with E-state index in [1.165, 1.54) is 25.6 Å². The van der Waals surface area contributed by atoms with Crippen molar-refractivity contribution in [3.63, 3.8) is 0 Å². The van der Waals surface area contributed by atoms with Crippen LogP contribution in [0.4, 0.5) is 15.9 Å². The van der Waals surface area contributed by atoms with Gasteiger partial charge in [-0.15, -0.1) is 0 Å². The molecule has 186 valence electrons. The van der Waals surface area contributed by atoms with E-state index >= 15 is 0 Å². The predicted molar refractivity (Wildman–Crippen MR) is 132 cm³/mol. The maximum Gasteiger partial charge on any atom is 0.248 e. The molecule has 1 fully saturated rings. The summed E-state index contributed by atoms with van der Waals surface area (Å²) < 4.78 is 30.2. The van der Waals surface area contributed by atoms with Crippen LogP contribution in [-0.4, -0.2) is 60.5 Å². The first-order valence-electron chi connectivity index (χ1n) is 11.4. The number of likely N-dealkylation sites (N-methyl/N-ethyl adjacent to an activating group) is 1. The summed E-state index contributed by atoms with van der Waals surface area (Å²) in [5.74, 6) is 0.679. The molecule has 0 spiro atoms. The van der Waals surface area contributed by atoms with E-state index in [0.717, 1.165) is 36.6 Å². The topological polar surface area (TPSA) is 85.8 Å². The monoisotopic (exact) mass is 502 g/mol. The normalized spacial score (nSPS) is 17.8. The minimum atomic E-state index is -0.486. The Kier molecular flexibility index (Phi) is 8.33. The summed E-state index contributed by atoms with van der Waals surface area (Å²) in [6.07, 6.45) is 5.02. The molecule has 1 aliphatic rings. The van der Waals surface area contributed by atoms with Crippen LogP contribution in [-0.2, 0) is 14.3 Å². The third-order valence-electron chi connectivity index (χ3n) is 6.17. The number of carbonyl (C=O) groups is 1. The van der Waals surface area contributed by atoms with E-state index < -0.39 is 5.82 Å². The summed E-state index contributed by atoms with van der Waals surface area (Å²) in [5, 5.41) is 3.92. The van der Waals surface area contributed by atoms with Crippen LogP contribution in [0.25, 0.3) is 10.9 Å². The minimum Gasteiger partial charge on any atom is -0.468 e. The van der Waals surface area contributed by atoms with Gasteiger partial charge in [-0.1, -0.05) is 11.6 Å². The molecule has 0 aliphatic heterocycles. The average molecular weight is 503 g/mol. The molecule has 0 unspecified atom stereocenters. The highest BCUT2D eigenvalue weighted by molar-refractivity contribution is 6.31. The second kappa shape index (κ2) is 11.6. The molecule has 0 radical (unpaired) electrons. The number of methoxy groups -OCH3 is 1. The van der Waals surface area contributed by atoms with E-state index in [0.29, 0.717) is 17.3 Å². The molecule has 4 rings (SSSR count). The van der Waals surface area contributed by atoms with Crippen molar-refractivity contribution in [1.29, 1.82) is 0 Å². The Morgan fingerprint density at radius 1 is 1.17 bits per heavy atom. The molecule has 0 atom stereocenters. The minimum absolute atomic E-state index is 0.00290. The zero-order valence-corrected chi connectivity index (χ0v) is 20.4. The highest BCUT2D eigenvalue weighted by Crippen LogP contribution is 2.29. The third-order valence-corrected chi connectivity index (χ3v) is 6.46. The molecular formula is C25H28ClFN4O4. The predicted octanol–water partition coefficient (Wildman–Crippen LogP) is 4.93. The number of nitrogens with one attached hydrogen (secondary N) is 1. The van der Waals surface area contributed by atoms with Crippen molar-refractivity contribution >= 4 is 39.9 Å². The standard InChI is InChI=1S/C25H28ClFN4O4/c1-31(24(32)13-33-2)17-4-6-18(7-5-17)34-15-35-19-8-10-23-20(12-19)25(29-14-28-23)30-16-3-9-22(27)21(26)11-16/h3,8-12,14,17-18H,4-7,13,15H2,1-2H3,(H,28,29,30)/t17-,18+. The lowest BCUT2D eigenvalue weighted by molar-refractivity contribution is -0.137. The van der Waals surface area contributed by atoms with Crippen molar-refractivity contribution in [2.45, 2.75) is 37.8 Å². The van der Waals surface area contributed by atoms with E-state index in [4.69, 9.17) is 25.8 Å². The van der Waals surface area contributed by atoms with Gasteiger partial charge in [-0.05, 0) is 62.1 Å². The molecule has 0 saturated heterocycles. The molecule has 1 aliphatic carbocycles. The van der Waals surface area contributed by atoms with E-state index in [1.807, 2.05) is 25.2 Å². The van der Waals surface area contributed by atoms with E-state index in [2.05, 4.69) is 15.3 Å². The van der Waals surface area contributed by atoms with Crippen LogP contribution < -0.4 is 10.1 Å². The maximum atomic E-state index is 13.5. The fourth-order valence-electron chi connectivity index (χ4n) is 4.16. The molecule has 1 saturated carbocycles. The highest BCUT2D eigenvalue weighted by Gasteiger charge is 2.27. The molecule has 2 aromatic carbocycles. The van der Waals surface area contributed by atoms with Gasteiger partial charge >= 0.3 is 0 Å². The molecule has 1 N–H and O–H groups in total. The average Bonchev–Trinajstić information content (AvgIpc) is 2.87. The number of rotatable bonds is 9. The number of ether oxygens (including phenoxy) is 3. The van der Waals surface area contributed by atoms with Gasteiger partial charge < -0.3 is 24.4 Å². The van der Waals surface area contributed by atoms with Gasteiger partial charge in [0.25, 0.3) is 0 Å². The molecule has 3 aromatic rings. The Hall–Kier alpha value is -3.01. The molecule has 1 heterocycles. The van der Waals surface area contributed by atoms with Gasteiger partial charge in [0.1, 0.15) is 30.3 Å². The van der Waals surface area contributed by atoms with Crippen LogP contribution in [0.2, 0.25) is 5.02 Å². The molecule has 10 heteroatoms. The van der Waals surface area contributed by atoms with E-state index in [9.17, 15) is 9.18 Å². The van der Waals surface area contributed by atoms with Crippen LogP contribution in [0.15, 0.2) is 42.7 Å². The lowest BCUT2D eigenvalue weighted by atomic mass is 9.92. The zero-order valence-electron chi connectivity index (χ0n) is 19.7. The first-order chi connectivity index (χ1) is 16.9.